The summed E-state index contributed by atoms with van der Waals surface area (Å²) >= 11 is 0. The van der Waals surface area contributed by atoms with Crippen LogP contribution in [0.1, 0.15) is 25.8 Å². The average molecular weight is 165 g/mol. The number of aromatic nitrogens is 1. The number of hydrogen-bond donors (Lipinski definition) is 0. The Kier molecular flexibility index (Phi) is 3.58. The van der Waals surface area contributed by atoms with Crippen LogP contribution in [0, 0.1) is 0 Å². The topological polar surface area (TPSA) is 22.1 Å². The molecule has 0 unspecified atom stereocenters. The molecule has 0 aromatic carbocycles. The maximum absolute atomic E-state index is 5.23. The van der Waals surface area contributed by atoms with Crippen LogP contribution in [0.2, 0.25) is 0 Å². The van der Waals surface area contributed by atoms with E-state index in [4.69, 9.17) is 4.74 Å². The van der Waals surface area contributed by atoms with Gasteiger partial charge in [-0.15, -0.1) is 0 Å². The molecule has 0 atom stereocenters. The third-order valence-corrected chi connectivity index (χ3v) is 1.63. The quantitative estimate of drug-likeness (QED) is 0.683. The minimum Gasteiger partial charge on any atom is -0.478 e. The van der Waals surface area contributed by atoms with Crippen LogP contribution < -0.4 is 4.74 Å². The lowest BCUT2D eigenvalue weighted by Crippen LogP contribution is -1.94. The first-order valence-electron chi connectivity index (χ1n) is 4.44. The van der Waals surface area contributed by atoms with Crippen molar-refractivity contribution in [1.82, 2.24) is 4.98 Å². The highest BCUT2D eigenvalue weighted by atomic mass is 16.5. The lowest BCUT2D eigenvalue weighted by atomic mass is 10.2. The molecule has 2 nitrogen and oxygen atoms in total. The first kappa shape index (κ1) is 9.04. The Bertz CT molecular complexity index is 193. The number of hydrogen-bond acceptors (Lipinski definition) is 2. The largest absolute Gasteiger partial charge is 0.478 e. The van der Waals surface area contributed by atoms with Gasteiger partial charge in [-0.2, -0.15) is 0 Å². The van der Waals surface area contributed by atoms with Gasteiger partial charge in [0.2, 0.25) is 5.88 Å². The molecule has 0 aliphatic carbocycles. The first-order valence-corrected chi connectivity index (χ1v) is 4.44. The summed E-state index contributed by atoms with van der Waals surface area (Å²) in [5.74, 6) is 0.720. The highest BCUT2D eigenvalue weighted by Crippen LogP contribution is 2.08. The van der Waals surface area contributed by atoms with Crippen LogP contribution in [0.5, 0.6) is 5.88 Å². The third kappa shape index (κ3) is 2.53. The minimum absolute atomic E-state index is 0.681. The Morgan fingerprint density at radius 2 is 2.17 bits per heavy atom. The van der Waals surface area contributed by atoms with Gasteiger partial charge in [-0.1, -0.05) is 19.4 Å². The van der Waals surface area contributed by atoms with Crippen molar-refractivity contribution in [2.45, 2.75) is 26.7 Å². The van der Waals surface area contributed by atoms with E-state index in [1.165, 1.54) is 5.56 Å². The number of rotatable bonds is 4. The molecule has 0 N–H and O–H groups in total. The SMILES string of the molecule is CCCc1ccc(OCC)nc1. The molecule has 0 fully saturated rings. The molecule has 0 amide bonds. The summed E-state index contributed by atoms with van der Waals surface area (Å²) in [5.41, 5.74) is 1.28. The monoisotopic (exact) mass is 165 g/mol. The maximum atomic E-state index is 5.23. The molecule has 0 saturated heterocycles. The zero-order valence-electron chi connectivity index (χ0n) is 7.71. The molecule has 1 rings (SSSR count). The van der Waals surface area contributed by atoms with Gasteiger partial charge in [0, 0.05) is 12.3 Å². The predicted octanol–water partition coefficient (Wildman–Crippen LogP) is 2.43. The fourth-order valence-electron chi connectivity index (χ4n) is 1.08. The van der Waals surface area contributed by atoms with Crippen LogP contribution in [-0.4, -0.2) is 11.6 Å². The second kappa shape index (κ2) is 4.75. The van der Waals surface area contributed by atoms with E-state index in [9.17, 15) is 0 Å². The van der Waals surface area contributed by atoms with E-state index >= 15 is 0 Å². The molecular weight excluding hydrogens is 150 g/mol. The van der Waals surface area contributed by atoms with Crippen LogP contribution >= 0.6 is 0 Å². The highest BCUT2D eigenvalue weighted by Gasteiger charge is 1.94. The smallest absolute Gasteiger partial charge is 0.213 e. The van der Waals surface area contributed by atoms with E-state index in [1.54, 1.807) is 0 Å². The van der Waals surface area contributed by atoms with Crippen LogP contribution in [0.25, 0.3) is 0 Å². The second-order valence-electron chi connectivity index (χ2n) is 2.69. The molecule has 66 valence electrons. The molecule has 0 spiro atoms. The fourth-order valence-corrected chi connectivity index (χ4v) is 1.08. The number of nitrogens with zero attached hydrogens (tertiary/aromatic N) is 1. The normalized spacial score (nSPS) is 9.83. The number of aryl methyl sites for hydroxylation is 1. The van der Waals surface area contributed by atoms with Gasteiger partial charge in [-0.25, -0.2) is 4.98 Å². The van der Waals surface area contributed by atoms with Gasteiger partial charge in [0.25, 0.3) is 0 Å². The zero-order chi connectivity index (χ0) is 8.81. The Balaban J connectivity index is 2.58. The average Bonchev–Trinajstić information content (AvgIpc) is 2.09. The van der Waals surface area contributed by atoms with Crippen LogP contribution in [0.3, 0.4) is 0 Å². The van der Waals surface area contributed by atoms with Crippen LogP contribution in [-0.2, 0) is 6.42 Å². The van der Waals surface area contributed by atoms with Crippen molar-refractivity contribution in [3.05, 3.63) is 23.9 Å². The van der Waals surface area contributed by atoms with Gasteiger partial charge in [0.15, 0.2) is 0 Å². The Morgan fingerprint density at radius 1 is 1.33 bits per heavy atom. The van der Waals surface area contributed by atoms with Gasteiger partial charge in [-0.3, -0.25) is 0 Å². The van der Waals surface area contributed by atoms with E-state index in [0.717, 1.165) is 18.7 Å². The van der Waals surface area contributed by atoms with E-state index < -0.39 is 0 Å². The second-order valence-corrected chi connectivity index (χ2v) is 2.69. The molecule has 1 heterocycles. The summed E-state index contributed by atoms with van der Waals surface area (Å²) in [6.07, 6.45) is 4.14. The minimum atomic E-state index is 0.681. The summed E-state index contributed by atoms with van der Waals surface area (Å²) < 4.78 is 5.23. The molecule has 1 aromatic rings. The molecule has 1 aromatic heterocycles. The van der Waals surface area contributed by atoms with E-state index in [2.05, 4.69) is 18.0 Å². The molecule has 2 heteroatoms. The van der Waals surface area contributed by atoms with Crippen molar-refractivity contribution in [1.29, 1.82) is 0 Å². The molecule has 0 bridgehead atoms. The lowest BCUT2D eigenvalue weighted by molar-refractivity contribution is 0.326. The lowest BCUT2D eigenvalue weighted by Gasteiger charge is -2.02. The van der Waals surface area contributed by atoms with E-state index in [-0.39, 0.29) is 0 Å². The van der Waals surface area contributed by atoms with E-state index in [1.807, 2.05) is 19.2 Å². The van der Waals surface area contributed by atoms with Crippen molar-refractivity contribution in [3.63, 3.8) is 0 Å². The van der Waals surface area contributed by atoms with Crippen molar-refractivity contribution >= 4 is 0 Å². The molecule has 12 heavy (non-hydrogen) atoms. The van der Waals surface area contributed by atoms with Crippen molar-refractivity contribution < 1.29 is 4.74 Å². The highest BCUT2D eigenvalue weighted by molar-refractivity contribution is 5.17. The van der Waals surface area contributed by atoms with Gasteiger partial charge in [0.05, 0.1) is 6.61 Å². The third-order valence-electron chi connectivity index (χ3n) is 1.63. The molecule has 0 aliphatic rings. The maximum Gasteiger partial charge on any atom is 0.213 e. The fraction of sp³-hybridized carbons (Fsp3) is 0.500. The Hall–Kier alpha value is -1.05. The molecule has 0 aliphatic heterocycles. The van der Waals surface area contributed by atoms with Gasteiger partial charge in [-0.05, 0) is 18.9 Å². The van der Waals surface area contributed by atoms with E-state index in [0.29, 0.717) is 6.61 Å². The van der Waals surface area contributed by atoms with Gasteiger partial charge in [0.1, 0.15) is 0 Å². The summed E-state index contributed by atoms with van der Waals surface area (Å²) in [5, 5.41) is 0. The van der Waals surface area contributed by atoms with Crippen LogP contribution in [0.15, 0.2) is 18.3 Å². The van der Waals surface area contributed by atoms with Crippen molar-refractivity contribution in [2.24, 2.45) is 0 Å². The molecule has 0 saturated carbocycles. The predicted molar refractivity (Wildman–Crippen MR) is 49.4 cm³/mol. The molecule has 0 radical (unpaired) electrons. The van der Waals surface area contributed by atoms with Crippen LogP contribution in [0.4, 0.5) is 0 Å². The Labute approximate surface area is 73.6 Å². The summed E-state index contributed by atoms with van der Waals surface area (Å²) in [6.45, 7) is 4.80. The summed E-state index contributed by atoms with van der Waals surface area (Å²) in [7, 11) is 0. The number of pyridine rings is 1. The zero-order valence-corrected chi connectivity index (χ0v) is 7.71. The summed E-state index contributed by atoms with van der Waals surface area (Å²) in [6, 6.07) is 4.00. The molecular formula is C10H15NO. The first-order chi connectivity index (χ1) is 5.86. The Morgan fingerprint density at radius 3 is 2.67 bits per heavy atom. The number of ether oxygens (including phenoxy) is 1. The summed E-state index contributed by atoms with van der Waals surface area (Å²) in [4.78, 5) is 4.16. The van der Waals surface area contributed by atoms with Crippen molar-refractivity contribution in [3.8, 4) is 5.88 Å². The van der Waals surface area contributed by atoms with Gasteiger partial charge < -0.3 is 4.74 Å². The standard InChI is InChI=1S/C10H15NO/c1-3-5-9-6-7-10(11-8-9)12-4-2/h6-8H,3-5H2,1-2H3. The van der Waals surface area contributed by atoms with Gasteiger partial charge >= 0.3 is 0 Å². The van der Waals surface area contributed by atoms with Crippen molar-refractivity contribution in [2.75, 3.05) is 6.61 Å².